The van der Waals surface area contributed by atoms with Crippen molar-refractivity contribution in [2.24, 2.45) is 11.0 Å². The zero-order valence-electron chi connectivity index (χ0n) is 12.3. The maximum atomic E-state index is 11.9. The zero-order valence-corrected chi connectivity index (χ0v) is 13.1. The number of nitrogens with one attached hydrogen (secondary N) is 2. The first-order valence-electron chi connectivity index (χ1n) is 7.50. The van der Waals surface area contributed by atoms with Crippen LogP contribution in [-0.4, -0.2) is 24.6 Å². The summed E-state index contributed by atoms with van der Waals surface area (Å²) in [6, 6.07) is 7.08. The van der Waals surface area contributed by atoms with Gasteiger partial charge in [-0.05, 0) is 30.5 Å². The van der Waals surface area contributed by atoms with Gasteiger partial charge in [-0.1, -0.05) is 43.0 Å². The second-order valence-corrected chi connectivity index (χ2v) is 5.83. The zero-order chi connectivity index (χ0) is 15.8. The van der Waals surface area contributed by atoms with E-state index in [2.05, 4.69) is 15.8 Å². The molecule has 0 radical (unpaired) electrons. The standard InChI is InChI=1S/C16H20ClN3O2/c17-14-8-6-12(7-9-14)10-19-20-15(21)11-18-16(22)13-4-2-1-3-5-13/h6-10,13H,1-5,11H2,(H,18,22)(H,20,21)/b19-10+. The van der Waals surface area contributed by atoms with Gasteiger partial charge in [0, 0.05) is 10.9 Å². The molecule has 1 fully saturated rings. The quantitative estimate of drug-likeness (QED) is 0.646. The molecule has 1 aromatic carbocycles. The van der Waals surface area contributed by atoms with Gasteiger partial charge >= 0.3 is 0 Å². The van der Waals surface area contributed by atoms with E-state index in [1.807, 2.05) is 0 Å². The van der Waals surface area contributed by atoms with Crippen molar-refractivity contribution in [2.75, 3.05) is 6.54 Å². The van der Waals surface area contributed by atoms with Gasteiger partial charge in [0.1, 0.15) is 0 Å². The highest BCUT2D eigenvalue weighted by molar-refractivity contribution is 6.30. The maximum absolute atomic E-state index is 11.9. The minimum Gasteiger partial charge on any atom is -0.347 e. The second kappa shape index (κ2) is 8.54. The summed E-state index contributed by atoms with van der Waals surface area (Å²) in [5.74, 6) is -0.315. The summed E-state index contributed by atoms with van der Waals surface area (Å²) in [7, 11) is 0. The molecule has 0 aliphatic heterocycles. The van der Waals surface area contributed by atoms with Crippen molar-refractivity contribution >= 4 is 29.6 Å². The van der Waals surface area contributed by atoms with E-state index in [9.17, 15) is 9.59 Å². The number of rotatable bonds is 5. The van der Waals surface area contributed by atoms with Gasteiger partial charge in [-0.25, -0.2) is 5.43 Å². The number of hydrogen-bond acceptors (Lipinski definition) is 3. The number of hydrazone groups is 1. The molecule has 1 saturated carbocycles. The highest BCUT2D eigenvalue weighted by atomic mass is 35.5. The molecule has 5 nitrogen and oxygen atoms in total. The van der Waals surface area contributed by atoms with Crippen molar-refractivity contribution in [1.29, 1.82) is 0 Å². The molecule has 0 unspecified atom stereocenters. The molecule has 2 amide bonds. The molecule has 118 valence electrons. The van der Waals surface area contributed by atoms with E-state index in [1.54, 1.807) is 24.3 Å². The maximum Gasteiger partial charge on any atom is 0.259 e. The van der Waals surface area contributed by atoms with E-state index in [-0.39, 0.29) is 24.3 Å². The van der Waals surface area contributed by atoms with Crippen molar-refractivity contribution < 1.29 is 9.59 Å². The molecule has 0 aromatic heterocycles. The number of carbonyl (C=O) groups excluding carboxylic acids is 2. The number of hydrogen-bond donors (Lipinski definition) is 2. The molecule has 6 heteroatoms. The summed E-state index contributed by atoms with van der Waals surface area (Å²) in [4.78, 5) is 23.5. The Balaban J connectivity index is 1.69. The predicted octanol–water partition coefficient (Wildman–Crippen LogP) is 2.49. The number of nitrogens with zero attached hydrogens (tertiary/aromatic N) is 1. The summed E-state index contributed by atoms with van der Waals surface area (Å²) in [6.45, 7) is -0.0483. The van der Waals surface area contributed by atoms with Crippen molar-refractivity contribution in [3.05, 3.63) is 34.9 Å². The van der Waals surface area contributed by atoms with Gasteiger partial charge in [0.2, 0.25) is 5.91 Å². The average Bonchev–Trinajstić information content (AvgIpc) is 2.55. The van der Waals surface area contributed by atoms with E-state index in [0.29, 0.717) is 5.02 Å². The first kappa shape index (κ1) is 16.5. The number of benzene rings is 1. The minimum atomic E-state index is -0.339. The van der Waals surface area contributed by atoms with Crippen molar-refractivity contribution in [2.45, 2.75) is 32.1 Å². The summed E-state index contributed by atoms with van der Waals surface area (Å²) < 4.78 is 0. The topological polar surface area (TPSA) is 70.6 Å². The monoisotopic (exact) mass is 321 g/mol. The van der Waals surface area contributed by atoms with Crippen LogP contribution in [0, 0.1) is 5.92 Å². The largest absolute Gasteiger partial charge is 0.347 e. The van der Waals surface area contributed by atoms with E-state index in [1.165, 1.54) is 12.6 Å². The SMILES string of the molecule is O=C(CNC(=O)C1CCCCC1)N/N=C/c1ccc(Cl)cc1. The molecule has 1 aliphatic carbocycles. The van der Waals surface area contributed by atoms with Crippen LogP contribution in [0.15, 0.2) is 29.4 Å². The van der Waals surface area contributed by atoms with Crippen LogP contribution in [0.5, 0.6) is 0 Å². The van der Waals surface area contributed by atoms with Gasteiger partial charge in [0.25, 0.3) is 5.91 Å². The molecule has 2 N–H and O–H groups in total. The van der Waals surface area contributed by atoms with Gasteiger partial charge in [-0.15, -0.1) is 0 Å². The van der Waals surface area contributed by atoms with Crippen LogP contribution in [-0.2, 0) is 9.59 Å². The number of amides is 2. The van der Waals surface area contributed by atoms with E-state index in [0.717, 1.165) is 31.2 Å². The first-order chi connectivity index (χ1) is 10.6. The van der Waals surface area contributed by atoms with Crippen LogP contribution in [0.1, 0.15) is 37.7 Å². The Bertz CT molecular complexity index is 537. The second-order valence-electron chi connectivity index (χ2n) is 5.40. The lowest BCUT2D eigenvalue weighted by atomic mass is 9.89. The number of halogens is 1. The third-order valence-corrected chi connectivity index (χ3v) is 3.92. The Morgan fingerprint density at radius 3 is 2.55 bits per heavy atom. The van der Waals surface area contributed by atoms with Crippen LogP contribution >= 0.6 is 11.6 Å². The molecule has 0 atom stereocenters. The highest BCUT2D eigenvalue weighted by Crippen LogP contribution is 2.23. The van der Waals surface area contributed by atoms with Crippen LogP contribution in [0.3, 0.4) is 0 Å². The van der Waals surface area contributed by atoms with Gasteiger partial charge in [-0.2, -0.15) is 5.10 Å². The van der Waals surface area contributed by atoms with Gasteiger partial charge in [0.15, 0.2) is 0 Å². The highest BCUT2D eigenvalue weighted by Gasteiger charge is 2.21. The molecule has 1 aliphatic rings. The molecular formula is C16H20ClN3O2. The molecule has 0 saturated heterocycles. The molecule has 0 spiro atoms. The fourth-order valence-corrected chi connectivity index (χ4v) is 2.57. The minimum absolute atomic E-state index is 0.0310. The van der Waals surface area contributed by atoms with Crippen molar-refractivity contribution in [3.63, 3.8) is 0 Å². The normalized spacial score (nSPS) is 15.7. The van der Waals surface area contributed by atoms with Gasteiger partial charge < -0.3 is 5.32 Å². The molecular weight excluding hydrogens is 302 g/mol. The van der Waals surface area contributed by atoms with E-state index in [4.69, 9.17) is 11.6 Å². The van der Waals surface area contributed by atoms with E-state index < -0.39 is 0 Å². The van der Waals surface area contributed by atoms with Crippen molar-refractivity contribution in [1.82, 2.24) is 10.7 Å². The Morgan fingerprint density at radius 1 is 1.18 bits per heavy atom. The third kappa shape index (κ3) is 5.48. The molecule has 2 rings (SSSR count). The molecule has 1 aromatic rings. The summed E-state index contributed by atoms with van der Waals surface area (Å²) >= 11 is 5.78. The van der Waals surface area contributed by atoms with Gasteiger partial charge in [-0.3, -0.25) is 9.59 Å². The van der Waals surface area contributed by atoms with Gasteiger partial charge in [0.05, 0.1) is 12.8 Å². The third-order valence-electron chi connectivity index (χ3n) is 3.67. The summed E-state index contributed by atoms with van der Waals surface area (Å²) in [5.41, 5.74) is 3.22. The smallest absolute Gasteiger partial charge is 0.259 e. The fourth-order valence-electron chi connectivity index (χ4n) is 2.44. The van der Waals surface area contributed by atoms with Crippen LogP contribution in [0.2, 0.25) is 5.02 Å². The first-order valence-corrected chi connectivity index (χ1v) is 7.88. The molecule has 22 heavy (non-hydrogen) atoms. The predicted molar refractivity (Wildman–Crippen MR) is 86.8 cm³/mol. The average molecular weight is 322 g/mol. The van der Waals surface area contributed by atoms with Crippen LogP contribution in [0.25, 0.3) is 0 Å². The lowest BCUT2D eigenvalue weighted by Gasteiger charge is -2.20. The lowest BCUT2D eigenvalue weighted by Crippen LogP contribution is -2.38. The fraction of sp³-hybridized carbons (Fsp3) is 0.438. The van der Waals surface area contributed by atoms with Crippen molar-refractivity contribution in [3.8, 4) is 0 Å². The number of carbonyl (C=O) groups is 2. The Kier molecular flexibility index (Phi) is 6.40. The molecule has 0 heterocycles. The molecule has 0 bridgehead atoms. The van der Waals surface area contributed by atoms with Crippen LogP contribution in [0.4, 0.5) is 0 Å². The summed E-state index contributed by atoms with van der Waals surface area (Å²) in [5, 5.41) is 7.15. The van der Waals surface area contributed by atoms with E-state index >= 15 is 0 Å². The lowest BCUT2D eigenvalue weighted by molar-refractivity contribution is -0.129. The Labute approximate surface area is 135 Å². The Hall–Kier alpha value is -1.88. The Morgan fingerprint density at radius 2 is 1.86 bits per heavy atom. The summed E-state index contributed by atoms with van der Waals surface area (Å²) in [6.07, 6.45) is 6.75. The van der Waals surface area contributed by atoms with Crippen LogP contribution < -0.4 is 10.7 Å².